The van der Waals surface area contributed by atoms with Gasteiger partial charge in [0.2, 0.25) is 0 Å². The van der Waals surface area contributed by atoms with Crippen molar-refractivity contribution in [1.29, 1.82) is 0 Å². The highest BCUT2D eigenvalue weighted by atomic mass is 32.2. The zero-order chi connectivity index (χ0) is 12.5. The first kappa shape index (κ1) is 12.8. The van der Waals surface area contributed by atoms with Gasteiger partial charge in [-0.2, -0.15) is 0 Å². The molecule has 1 aromatic rings. The third-order valence-corrected chi connectivity index (χ3v) is 4.48. The number of rotatable bonds is 3. The summed E-state index contributed by atoms with van der Waals surface area (Å²) in [5, 5.41) is 0. The van der Waals surface area contributed by atoms with Gasteiger partial charge >= 0.3 is 0 Å². The maximum absolute atomic E-state index is 5.99. The minimum atomic E-state index is 0.0655. The van der Waals surface area contributed by atoms with Gasteiger partial charge in [0.05, 0.1) is 11.7 Å². The molecule has 0 saturated carbocycles. The monoisotopic (exact) mass is 251 g/mol. The van der Waals surface area contributed by atoms with Gasteiger partial charge in [-0.1, -0.05) is 6.07 Å². The second-order valence-electron chi connectivity index (χ2n) is 5.37. The number of nitrogen functional groups attached to an aromatic ring is 1. The molecule has 0 amide bonds. The Morgan fingerprint density at radius 1 is 1.47 bits per heavy atom. The predicted molar refractivity (Wildman–Crippen MR) is 74.5 cm³/mol. The molecule has 1 aliphatic heterocycles. The van der Waals surface area contributed by atoms with E-state index in [9.17, 15) is 0 Å². The summed E-state index contributed by atoms with van der Waals surface area (Å²) in [4.78, 5) is 1.28. The highest BCUT2D eigenvalue weighted by Gasteiger charge is 2.31. The van der Waals surface area contributed by atoms with Crippen LogP contribution in [-0.4, -0.2) is 17.5 Å². The number of thioether (sulfide) groups is 1. The minimum absolute atomic E-state index is 0.0655. The van der Waals surface area contributed by atoms with E-state index in [1.165, 1.54) is 16.9 Å². The smallest absolute Gasteiger partial charge is 0.0677 e. The van der Waals surface area contributed by atoms with Gasteiger partial charge in [0.1, 0.15) is 0 Å². The van der Waals surface area contributed by atoms with E-state index >= 15 is 0 Å². The molecule has 1 fully saturated rings. The first-order valence-electron chi connectivity index (χ1n) is 6.13. The Morgan fingerprint density at radius 3 is 2.88 bits per heavy atom. The Hall–Kier alpha value is -0.670. The molecular formula is C14H21NOS. The Balaban J connectivity index is 1.92. The van der Waals surface area contributed by atoms with E-state index in [0.717, 1.165) is 17.9 Å². The summed E-state index contributed by atoms with van der Waals surface area (Å²) < 4.78 is 5.99. The summed E-state index contributed by atoms with van der Waals surface area (Å²) in [7, 11) is 0. The van der Waals surface area contributed by atoms with Crippen LogP contribution in [0.2, 0.25) is 0 Å². The zero-order valence-electron chi connectivity index (χ0n) is 10.8. The number of aryl methyl sites for hydroxylation is 1. The molecule has 0 aliphatic carbocycles. The molecule has 1 heterocycles. The molecule has 0 aromatic heterocycles. The molecule has 2 nitrogen and oxygen atoms in total. The van der Waals surface area contributed by atoms with E-state index in [0.29, 0.717) is 6.10 Å². The Labute approximate surface area is 108 Å². The lowest BCUT2D eigenvalue weighted by atomic mass is 10.1. The van der Waals surface area contributed by atoms with Gasteiger partial charge in [0.25, 0.3) is 0 Å². The molecule has 17 heavy (non-hydrogen) atoms. The van der Waals surface area contributed by atoms with Crippen LogP contribution in [0.15, 0.2) is 23.1 Å². The molecule has 0 spiro atoms. The van der Waals surface area contributed by atoms with Crippen LogP contribution in [0.25, 0.3) is 0 Å². The summed E-state index contributed by atoms with van der Waals surface area (Å²) in [6, 6.07) is 6.09. The standard InChI is InChI=1S/C14H21NOS/c1-10-4-5-11(15)8-13(10)17-9-12-6-7-14(2,3)16-12/h4-5,8,12H,6-7,9,15H2,1-3H3. The van der Waals surface area contributed by atoms with Crippen LogP contribution in [0.3, 0.4) is 0 Å². The number of nitrogens with two attached hydrogens (primary N) is 1. The normalized spacial score (nSPS) is 22.9. The third-order valence-electron chi connectivity index (χ3n) is 3.19. The molecule has 2 N–H and O–H groups in total. The van der Waals surface area contributed by atoms with Crippen LogP contribution in [-0.2, 0) is 4.74 Å². The molecule has 2 rings (SSSR count). The number of anilines is 1. The summed E-state index contributed by atoms with van der Waals surface area (Å²) in [6.45, 7) is 6.47. The fourth-order valence-electron chi connectivity index (χ4n) is 2.15. The molecule has 94 valence electrons. The third kappa shape index (κ3) is 3.39. The second kappa shape index (κ2) is 4.91. The lowest BCUT2D eigenvalue weighted by Crippen LogP contribution is -2.21. The van der Waals surface area contributed by atoms with Crippen LogP contribution < -0.4 is 5.73 Å². The van der Waals surface area contributed by atoms with Crippen molar-refractivity contribution in [3.05, 3.63) is 23.8 Å². The SMILES string of the molecule is Cc1ccc(N)cc1SCC1CCC(C)(C)O1. The molecule has 1 saturated heterocycles. The summed E-state index contributed by atoms with van der Waals surface area (Å²) >= 11 is 1.85. The van der Waals surface area contributed by atoms with Gasteiger partial charge in [0, 0.05) is 16.3 Å². The van der Waals surface area contributed by atoms with Gasteiger partial charge in [-0.15, -0.1) is 11.8 Å². The van der Waals surface area contributed by atoms with E-state index in [-0.39, 0.29) is 5.60 Å². The van der Waals surface area contributed by atoms with Gasteiger partial charge in [0.15, 0.2) is 0 Å². The molecule has 1 aliphatic rings. The van der Waals surface area contributed by atoms with Gasteiger partial charge in [-0.3, -0.25) is 0 Å². The molecule has 0 radical (unpaired) electrons. The summed E-state index contributed by atoms with van der Waals surface area (Å²) in [5.74, 6) is 1.02. The van der Waals surface area contributed by atoms with Crippen LogP contribution in [0.1, 0.15) is 32.3 Å². The number of hydrogen-bond donors (Lipinski definition) is 1. The lowest BCUT2D eigenvalue weighted by molar-refractivity contribution is -0.00466. The van der Waals surface area contributed by atoms with Crippen molar-refractivity contribution >= 4 is 17.4 Å². The first-order chi connectivity index (χ1) is 7.96. The second-order valence-corrected chi connectivity index (χ2v) is 6.44. The van der Waals surface area contributed by atoms with Crippen LogP contribution >= 0.6 is 11.8 Å². The largest absolute Gasteiger partial charge is 0.399 e. The van der Waals surface area contributed by atoms with Gasteiger partial charge in [-0.25, -0.2) is 0 Å². The topological polar surface area (TPSA) is 35.2 Å². The van der Waals surface area contributed by atoms with Crippen LogP contribution in [0.4, 0.5) is 5.69 Å². The van der Waals surface area contributed by atoms with E-state index in [2.05, 4.69) is 32.9 Å². The van der Waals surface area contributed by atoms with Crippen molar-refractivity contribution in [2.24, 2.45) is 0 Å². The van der Waals surface area contributed by atoms with Crippen molar-refractivity contribution in [2.45, 2.75) is 50.2 Å². The fourth-order valence-corrected chi connectivity index (χ4v) is 3.27. The predicted octanol–water partition coefficient (Wildman–Crippen LogP) is 3.63. The quantitative estimate of drug-likeness (QED) is 0.658. The van der Waals surface area contributed by atoms with Gasteiger partial charge < -0.3 is 10.5 Å². The average molecular weight is 251 g/mol. The lowest BCUT2D eigenvalue weighted by Gasteiger charge is -2.19. The minimum Gasteiger partial charge on any atom is -0.399 e. The van der Waals surface area contributed by atoms with Crippen molar-refractivity contribution in [2.75, 3.05) is 11.5 Å². The van der Waals surface area contributed by atoms with Crippen molar-refractivity contribution in [3.63, 3.8) is 0 Å². The van der Waals surface area contributed by atoms with Crippen molar-refractivity contribution in [3.8, 4) is 0 Å². The van der Waals surface area contributed by atoms with E-state index in [4.69, 9.17) is 10.5 Å². The van der Waals surface area contributed by atoms with Crippen molar-refractivity contribution < 1.29 is 4.74 Å². The zero-order valence-corrected chi connectivity index (χ0v) is 11.6. The Bertz CT molecular complexity index is 403. The highest BCUT2D eigenvalue weighted by Crippen LogP contribution is 2.33. The molecule has 1 atom stereocenters. The average Bonchev–Trinajstić information content (AvgIpc) is 2.60. The first-order valence-corrected chi connectivity index (χ1v) is 7.11. The van der Waals surface area contributed by atoms with Crippen molar-refractivity contribution in [1.82, 2.24) is 0 Å². The fraction of sp³-hybridized carbons (Fsp3) is 0.571. The number of hydrogen-bond acceptors (Lipinski definition) is 3. The van der Waals surface area contributed by atoms with Crippen LogP contribution in [0, 0.1) is 6.92 Å². The molecular weight excluding hydrogens is 230 g/mol. The van der Waals surface area contributed by atoms with E-state index in [1.807, 2.05) is 17.8 Å². The summed E-state index contributed by atoms with van der Waals surface area (Å²) in [6.07, 6.45) is 2.71. The number of ether oxygens (including phenoxy) is 1. The van der Waals surface area contributed by atoms with Crippen LogP contribution in [0.5, 0.6) is 0 Å². The van der Waals surface area contributed by atoms with Gasteiger partial charge in [-0.05, 0) is 51.3 Å². The van der Waals surface area contributed by atoms with E-state index < -0.39 is 0 Å². The van der Waals surface area contributed by atoms with E-state index in [1.54, 1.807) is 0 Å². The Morgan fingerprint density at radius 2 is 2.24 bits per heavy atom. The molecule has 1 unspecified atom stereocenters. The highest BCUT2D eigenvalue weighted by molar-refractivity contribution is 7.99. The molecule has 0 bridgehead atoms. The Kier molecular flexibility index (Phi) is 3.69. The maximum Gasteiger partial charge on any atom is 0.0677 e. The number of benzene rings is 1. The summed E-state index contributed by atoms with van der Waals surface area (Å²) in [5.41, 5.74) is 8.01. The molecule has 3 heteroatoms. The molecule has 1 aromatic carbocycles. The maximum atomic E-state index is 5.99.